The van der Waals surface area contributed by atoms with Crippen molar-refractivity contribution in [2.45, 2.75) is 43.0 Å². The van der Waals surface area contributed by atoms with Crippen LogP contribution in [-0.2, 0) is 9.59 Å². The van der Waals surface area contributed by atoms with Crippen LogP contribution in [0.5, 0.6) is 0 Å². The zero-order valence-corrected chi connectivity index (χ0v) is 11.2. The van der Waals surface area contributed by atoms with Crippen molar-refractivity contribution in [3.05, 3.63) is 0 Å². The topological polar surface area (TPSA) is 119 Å². The first-order valence-electron chi connectivity index (χ1n) is 6.02. The summed E-state index contributed by atoms with van der Waals surface area (Å²) in [4.78, 5) is 29.8. The van der Waals surface area contributed by atoms with Gasteiger partial charge in [-0.05, 0) is 12.8 Å². The fourth-order valence-corrected chi connectivity index (χ4v) is 3.81. The lowest BCUT2D eigenvalue weighted by molar-refractivity contribution is -0.137. The largest absolute Gasteiger partial charge is 0.481 e. The molecule has 2 fully saturated rings. The zero-order valence-electron chi connectivity index (χ0n) is 10.3. The molecule has 2 aliphatic rings. The van der Waals surface area contributed by atoms with Crippen LogP contribution in [0, 0.1) is 5.41 Å². The van der Waals surface area contributed by atoms with E-state index in [2.05, 4.69) is 10.6 Å². The lowest BCUT2D eigenvalue weighted by Gasteiger charge is -2.16. The molecule has 2 saturated heterocycles. The summed E-state index contributed by atoms with van der Waals surface area (Å²) in [5.41, 5.74) is 0. The van der Waals surface area contributed by atoms with Gasteiger partial charge < -0.3 is 15.7 Å². The molecule has 8 heteroatoms. The minimum atomic E-state index is -0.729. The Hall–Kier alpha value is -1.53. The van der Waals surface area contributed by atoms with Gasteiger partial charge in [0.05, 0.1) is 12.1 Å². The van der Waals surface area contributed by atoms with Gasteiger partial charge in [-0.3, -0.25) is 4.79 Å². The number of thioether (sulfide) groups is 1. The van der Waals surface area contributed by atoms with Gasteiger partial charge in [0, 0.05) is 17.4 Å². The van der Waals surface area contributed by atoms with Gasteiger partial charge in [0.2, 0.25) is 6.08 Å². The van der Waals surface area contributed by atoms with Gasteiger partial charge in [-0.2, -0.15) is 11.8 Å². The Morgan fingerprint density at radius 3 is 2.79 bits per heavy atom. The maximum Gasteiger partial charge on any atom is 0.315 e. The van der Waals surface area contributed by atoms with Crippen LogP contribution in [0.2, 0.25) is 0 Å². The Balaban J connectivity index is 0.000000550. The molecule has 3 atom stereocenters. The third-order valence-electron chi connectivity index (χ3n) is 3.07. The van der Waals surface area contributed by atoms with E-state index in [1.54, 1.807) is 0 Å². The third-order valence-corrected chi connectivity index (χ3v) is 4.58. The minimum absolute atomic E-state index is 0.0640. The highest BCUT2D eigenvalue weighted by molar-refractivity contribution is 8.00. The summed E-state index contributed by atoms with van der Waals surface area (Å²) in [7, 11) is 0. The SMILES string of the molecule is N=C=O.O=C(O)CCCC[C@@H]1SC[C@@H]2NC(=O)N[C@@H]21. The predicted octanol–water partition coefficient (Wildman–Crippen LogP) is 0.698. The first-order valence-corrected chi connectivity index (χ1v) is 7.07. The van der Waals surface area contributed by atoms with Crippen molar-refractivity contribution >= 4 is 29.8 Å². The number of amides is 2. The molecular formula is C11H17N3O4S. The number of hydrogen-bond acceptors (Lipinski definition) is 5. The molecule has 2 heterocycles. The molecule has 0 bridgehead atoms. The Bertz CT molecular complexity index is 371. The van der Waals surface area contributed by atoms with E-state index < -0.39 is 5.97 Å². The van der Waals surface area contributed by atoms with E-state index in [-0.39, 0.29) is 24.5 Å². The molecule has 0 radical (unpaired) electrons. The molecule has 2 aliphatic heterocycles. The highest BCUT2D eigenvalue weighted by atomic mass is 32.2. The average molecular weight is 287 g/mol. The molecule has 0 spiro atoms. The van der Waals surface area contributed by atoms with Gasteiger partial charge in [0.15, 0.2) is 0 Å². The number of aliphatic carboxylic acids is 1. The van der Waals surface area contributed by atoms with E-state index >= 15 is 0 Å². The molecule has 0 aromatic rings. The lowest BCUT2D eigenvalue weighted by atomic mass is 10.0. The number of carbonyl (C=O) groups excluding carboxylic acids is 2. The molecule has 7 nitrogen and oxygen atoms in total. The van der Waals surface area contributed by atoms with Gasteiger partial charge in [0.1, 0.15) is 0 Å². The molecule has 4 N–H and O–H groups in total. The number of carboxylic acids is 1. The van der Waals surface area contributed by atoms with Crippen molar-refractivity contribution in [2.75, 3.05) is 5.75 Å². The number of unbranched alkanes of at least 4 members (excludes halogenated alkanes) is 1. The molecule has 0 saturated carbocycles. The number of carboxylic acid groups (broad SMARTS) is 1. The van der Waals surface area contributed by atoms with Crippen LogP contribution in [0.25, 0.3) is 0 Å². The average Bonchev–Trinajstić information content (AvgIpc) is 2.85. The van der Waals surface area contributed by atoms with Crippen molar-refractivity contribution in [3.63, 3.8) is 0 Å². The highest BCUT2D eigenvalue weighted by Gasteiger charge is 2.42. The maximum absolute atomic E-state index is 11.1. The van der Waals surface area contributed by atoms with E-state index in [9.17, 15) is 9.59 Å². The molecule has 106 valence electrons. The summed E-state index contributed by atoms with van der Waals surface area (Å²) in [6.07, 6.45) is 3.63. The van der Waals surface area contributed by atoms with Gasteiger partial charge in [-0.1, -0.05) is 6.42 Å². The molecule has 2 amide bonds. The second kappa shape index (κ2) is 7.81. The van der Waals surface area contributed by atoms with Crippen LogP contribution in [0.3, 0.4) is 0 Å². The molecule has 0 aliphatic carbocycles. The van der Waals surface area contributed by atoms with E-state index in [1.807, 2.05) is 11.8 Å². The summed E-state index contributed by atoms with van der Waals surface area (Å²) in [6.45, 7) is 0. The highest BCUT2D eigenvalue weighted by Crippen LogP contribution is 2.33. The molecule has 0 aromatic carbocycles. The van der Waals surface area contributed by atoms with Crippen molar-refractivity contribution in [1.29, 1.82) is 5.41 Å². The quantitative estimate of drug-likeness (QED) is 0.257. The number of rotatable bonds is 5. The normalized spacial score (nSPS) is 27.4. The third kappa shape index (κ3) is 4.92. The Kier molecular flexibility index (Phi) is 6.38. The standard InChI is InChI=1S/C10H16N2O3S.CHNO/c13-8(14)4-2-1-3-7-9-6(5-16-7)11-10(15)12-9;2-1-3/h6-7,9H,1-5H2,(H,13,14)(H2,11,12,15);2H/t6-,7-,9-;/m0./s1. The van der Waals surface area contributed by atoms with E-state index in [4.69, 9.17) is 15.3 Å². The molecule has 2 rings (SSSR count). The number of hydrogen-bond donors (Lipinski definition) is 4. The van der Waals surface area contributed by atoms with Crippen molar-refractivity contribution in [3.8, 4) is 0 Å². The molecular weight excluding hydrogens is 270 g/mol. The second-order valence-corrected chi connectivity index (χ2v) is 5.64. The van der Waals surface area contributed by atoms with Crippen molar-refractivity contribution in [1.82, 2.24) is 10.6 Å². The van der Waals surface area contributed by atoms with Gasteiger partial charge in [0.25, 0.3) is 0 Å². The summed E-state index contributed by atoms with van der Waals surface area (Å²) in [6, 6.07) is 0.440. The number of carbonyl (C=O) groups is 2. The minimum Gasteiger partial charge on any atom is -0.481 e. The van der Waals surface area contributed by atoms with Crippen molar-refractivity contribution < 1.29 is 19.5 Å². The summed E-state index contributed by atoms with van der Waals surface area (Å²) >= 11 is 1.87. The Morgan fingerprint density at radius 1 is 1.47 bits per heavy atom. The number of fused-ring (bicyclic) bond motifs is 1. The Morgan fingerprint density at radius 2 is 2.16 bits per heavy atom. The maximum atomic E-state index is 11.1. The smallest absolute Gasteiger partial charge is 0.315 e. The van der Waals surface area contributed by atoms with Crippen LogP contribution in [0.4, 0.5) is 4.79 Å². The van der Waals surface area contributed by atoms with Crippen LogP contribution < -0.4 is 10.6 Å². The summed E-state index contributed by atoms with van der Waals surface area (Å²) in [5, 5.41) is 20.2. The summed E-state index contributed by atoms with van der Waals surface area (Å²) in [5.74, 6) is 0.236. The number of urea groups is 1. The van der Waals surface area contributed by atoms with Crippen molar-refractivity contribution in [2.24, 2.45) is 0 Å². The van der Waals surface area contributed by atoms with Crippen LogP contribution in [0.15, 0.2) is 0 Å². The van der Waals surface area contributed by atoms with Crippen LogP contribution >= 0.6 is 11.8 Å². The van der Waals surface area contributed by atoms with E-state index in [0.29, 0.717) is 5.25 Å². The first-order chi connectivity index (χ1) is 9.08. The van der Waals surface area contributed by atoms with Crippen LogP contribution in [-0.4, -0.2) is 46.3 Å². The van der Waals surface area contributed by atoms with Gasteiger partial charge in [-0.25, -0.2) is 15.0 Å². The fraction of sp³-hybridized carbons (Fsp3) is 0.727. The molecule has 19 heavy (non-hydrogen) atoms. The second-order valence-electron chi connectivity index (χ2n) is 4.36. The molecule has 0 aromatic heterocycles. The number of isocyanates is 1. The lowest BCUT2D eigenvalue weighted by Crippen LogP contribution is -2.36. The van der Waals surface area contributed by atoms with Gasteiger partial charge in [-0.15, -0.1) is 0 Å². The van der Waals surface area contributed by atoms with Gasteiger partial charge >= 0.3 is 12.0 Å². The Labute approximate surface area is 115 Å². The summed E-state index contributed by atoms with van der Waals surface area (Å²) < 4.78 is 0. The monoisotopic (exact) mass is 287 g/mol. The zero-order chi connectivity index (χ0) is 14.3. The van der Waals surface area contributed by atoms with E-state index in [1.165, 1.54) is 0 Å². The first kappa shape index (κ1) is 15.5. The predicted molar refractivity (Wildman–Crippen MR) is 70.0 cm³/mol. The molecule has 0 unspecified atom stereocenters. The van der Waals surface area contributed by atoms with E-state index in [0.717, 1.165) is 31.1 Å². The van der Waals surface area contributed by atoms with Crippen LogP contribution in [0.1, 0.15) is 25.7 Å². The number of nitrogens with one attached hydrogen (secondary N) is 3. The fourth-order valence-electron chi connectivity index (χ4n) is 2.26.